The first-order valence-corrected chi connectivity index (χ1v) is 6.92. The molecule has 0 amide bonds. The van der Waals surface area contributed by atoms with E-state index in [1.54, 1.807) is 12.1 Å². The topological polar surface area (TPSA) is 15.6 Å². The fraction of sp³-hybridized carbons (Fsp3) is 0.167. The zero-order valence-electron chi connectivity index (χ0n) is 12.4. The Hall–Kier alpha value is -2.42. The van der Waals surface area contributed by atoms with Gasteiger partial charge in [0, 0.05) is 35.3 Å². The Balaban J connectivity index is 1.99. The van der Waals surface area contributed by atoms with Gasteiger partial charge in [0.25, 0.3) is 0 Å². The molecule has 0 atom stereocenters. The van der Waals surface area contributed by atoms with Crippen LogP contribution in [0.15, 0.2) is 65.0 Å². The number of fused-ring (bicyclic) bond motifs is 1. The molecule has 0 radical (unpaired) electrons. The van der Waals surface area contributed by atoms with Crippen LogP contribution in [0.5, 0.6) is 0 Å². The Kier molecular flexibility index (Phi) is 3.34. The maximum absolute atomic E-state index is 13.5. The minimum atomic E-state index is -0.231. The third kappa shape index (κ3) is 2.47. The second-order valence-electron chi connectivity index (χ2n) is 5.26. The van der Waals surface area contributed by atoms with E-state index in [-0.39, 0.29) is 5.82 Å². The average molecular weight is 280 g/mol. The molecule has 0 aliphatic carbocycles. The first-order chi connectivity index (χ1) is 10.1. The third-order valence-corrected chi connectivity index (χ3v) is 3.87. The number of halogens is 1. The van der Waals surface area contributed by atoms with Crippen LogP contribution in [-0.4, -0.2) is 17.7 Å². The Morgan fingerprint density at radius 2 is 2.00 bits per heavy atom. The summed E-state index contributed by atoms with van der Waals surface area (Å²) in [6.45, 7) is 4.02. The van der Waals surface area contributed by atoms with Crippen LogP contribution in [0, 0.1) is 5.82 Å². The summed E-state index contributed by atoms with van der Waals surface area (Å²) in [5, 5.41) is 0. The van der Waals surface area contributed by atoms with Crippen molar-refractivity contribution in [2.75, 3.05) is 7.05 Å². The molecule has 0 saturated heterocycles. The van der Waals surface area contributed by atoms with Gasteiger partial charge in [0.1, 0.15) is 5.82 Å². The molecule has 1 aromatic rings. The maximum atomic E-state index is 13.5. The molecule has 0 spiro atoms. The molecule has 21 heavy (non-hydrogen) atoms. The highest BCUT2D eigenvalue weighted by atomic mass is 19.1. The molecule has 2 heterocycles. The standard InChI is InChI=1S/C18H17FN2/c1-12-5-4-6-15(21(12)3)8-9-16-13(2)20-18-10-7-14(19)11-17(16)18/h4-11H,1-3H3. The Morgan fingerprint density at radius 1 is 1.19 bits per heavy atom. The van der Waals surface area contributed by atoms with Crippen molar-refractivity contribution >= 4 is 17.0 Å². The van der Waals surface area contributed by atoms with Gasteiger partial charge in [-0.3, -0.25) is 4.99 Å². The lowest BCUT2D eigenvalue weighted by Gasteiger charge is -2.23. The molecular formula is C18H17FN2. The van der Waals surface area contributed by atoms with Gasteiger partial charge in [0.15, 0.2) is 0 Å². The summed E-state index contributed by atoms with van der Waals surface area (Å²) in [7, 11) is 2.03. The molecule has 1 aromatic carbocycles. The predicted molar refractivity (Wildman–Crippen MR) is 85.9 cm³/mol. The molecule has 0 N–H and O–H groups in total. The van der Waals surface area contributed by atoms with Crippen molar-refractivity contribution in [3.8, 4) is 0 Å². The molecule has 0 unspecified atom stereocenters. The van der Waals surface area contributed by atoms with Crippen LogP contribution in [0.1, 0.15) is 19.4 Å². The van der Waals surface area contributed by atoms with E-state index in [1.165, 1.54) is 11.8 Å². The van der Waals surface area contributed by atoms with E-state index in [9.17, 15) is 4.39 Å². The number of hydrogen-bond donors (Lipinski definition) is 0. The van der Waals surface area contributed by atoms with E-state index < -0.39 is 0 Å². The maximum Gasteiger partial charge on any atom is 0.123 e. The largest absolute Gasteiger partial charge is 0.348 e. The molecule has 0 fully saturated rings. The molecule has 3 heteroatoms. The highest BCUT2D eigenvalue weighted by molar-refractivity contribution is 6.28. The van der Waals surface area contributed by atoms with Crippen LogP contribution in [0.4, 0.5) is 10.1 Å². The molecule has 2 aliphatic rings. The van der Waals surface area contributed by atoms with Crippen molar-refractivity contribution in [1.82, 2.24) is 4.90 Å². The fourth-order valence-electron chi connectivity index (χ4n) is 2.52. The fourth-order valence-corrected chi connectivity index (χ4v) is 2.52. The summed E-state index contributed by atoms with van der Waals surface area (Å²) >= 11 is 0. The highest BCUT2D eigenvalue weighted by Crippen LogP contribution is 2.35. The van der Waals surface area contributed by atoms with Gasteiger partial charge in [0.2, 0.25) is 0 Å². The van der Waals surface area contributed by atoms with E-state index in [0.29, 0.717) is 0 Å². The molecule has 0 aromatic heterocycles. The van der Waals surface area contributed by atoms with Gasteiger partial charge in [-0.15, -0.1) is 0 Å². The van der Waals surface area contributed by atoms with Gasteiger partial charge in [0.05, 0.1) is 5.69 Å². The number of nitrogens with zero attached hydrogens (tertiary/aromatic N) is 2. The Bertz CT molecular complexity index is 748. The highest BCUT2D eigenvalue weighted by Gasteiger charge is 2.17. The van der Waals surface area contributed by atoms with E-state index >= 15 is 0 Å². The summed E-state index contributed by atoms with van der Waals surface area (Å²) in [6, 6.07) is 4.72. The van der Waals surface area contributed by atoms with Crippen molar-refractivity contribution in [3.63, 3.8) is 0 Å². The van der Waals surface area contributed by atoms with Crippen LogP contribution in [0.3, 0.4) is 0 Å². The third-order valence-electron chi connectivity index (χ3n) is 3.87. The van der Waals surface area contributed by atoms with Crippen molar-refractivity contribution in [2.45, 2.75) is 13.8 Å². The van der Waals surface area contributed by atoms with Crippen LogP contribution in [0.25, 0.3) is 5.57 Å². The van der Waals surface area contributed by atoms with E-state index in [0.717, 1.165) is 28.2 Å². The second kappa shape index (κ2) is 5.17. The molecule has 2 nitrogen and oxygen atoms in total. The molecule has 106 valence electrons. The Morgan fingerprint density at radius 3 is 2.81 bits per heavy atom. The van der Waals surface area contributed by atoms with Gasteiger partial charge < -0.3 is 4.90 Å². The number of hydrogen-bond acceptors (Lipinski definition) is 2. The van der Waals surface area contributed by atoms with Crippen LogP contribution in [-0.2, 0) is 0 Å². The van der Waals surface area contributed by atoms with Crippen molar-refractivity contribution in [3.05, 3.63) is 71.4 Å². The van der Waals surface area contributed by atoms with Gasteiger partial charge in [-0.2, -0.15) is 0 Å². The lowest BCUT2D eigenvalue weighted by Crippen LogP contribution is -2.15. The van der Waals surface area contributed by atoms with Crippen LogP contribution < -0.4 is 0 Å². The number of likely N-dealkylation sites (N-methyl/N-ethyl adjacent to an activating group) is 1. The lowest BCUT2D eigenvalue weighted by atomic mass is 10.0. The van der Waals surface area contributed by atoms with E-state index in [1.807, 2.05) is 32.2 Å². The Labute approximate surface area is 124 Å². The van der Waals surface area contributed by atoms with Crippen LogP contribution >= 0.6 is 0 Å². The molecule has 0 bridgehead atoms. The first-order valence-electron chi connectivity index (χ1n) is 6.92. The minimum Gasteiger partial charge on any atom is -0.348 e. The average Bonchev–Trinajstić information content (AvgIpc) is 2.76. The van der Waals surface area contributed by atoms with Crippen molar-refractivity contribution in [1.29, 1.82) is 0 Å². The van der Waals surface area contributed by atoms with Gasteiger partial charge >= 0.3 is 0 Å². The van der Waals surface area contributed by atoms with Gasteiger partial charge in [-0.05, 0) is 50.3 Å². The predicted octanol–water partition coefficient (Wildman–Crippen LogP) is 4.60. The molecule has 3 rings (SSSR count). The van der Waals surface area contributed by atoms with Crippen LogP contribution in [0.2, 0.25) is 0 Å². The summed E-state index contributed by atoms with van der Waals surface area (Å²) in [6.07, 6.45) is 10.2. The smallest absolute Gasteiger partial charge is 0.123 e. The first kappa shape index (κ1) is 13.6. The summed E-state index contributed by atoms with van der Waals surface area (Å²) < 4.78 is 13.5. The SMILES string of the molecule is CC1=CC=CC(=CC=C2C(C)=Nc3ccc(F)cc32)N1C. The lowest BCUT2D eigenvalue weighted by molar-refractivity contribution is 0.533. The quantitative estimate of drug-likeness (QED) is 0.733. The number of rotatable bonds is 1. The van der Waals surface area contributed by atoms with E-state index in [4.69, 9.17) is 0 Å². The number of allylic oxidation sites excluding steroid dienone is 7. The molecular weight excluding hydrogens is 263 g/mol. The van der Waals surface area contributed by atoms with Gasteiger partial charge in [-0.1, -0.05) is 12.2 Å². The number of benzene rings is 1. The second-order valence-corrected chi connectivity index (χ2v) is 5.26. The van der Waals surface area contributed by atoms with Crippen molar-refractivity contribution in [2.24, 2.45) is 4.99 Å². The number of aliphatic imine (C=N–C) groups is 1. The minimum absolute atomic E-state index is 0.231. The monoisotopic (exact) mass is 280 g/mol. The van der Waals surface area contributed by atoms with Gasteiger partial charge in [-0.25, -0.2) is 4.39 Å². The molecule has 0 saturated carbocycles. The summed E-state index contributed by atoms with van der Waals surface area (Å²) in [5.74, 6) is -0.231. The zero-order valence-corrected chi connectivity index (χ0v) is 12.4. The summed E-state index contributed by atoms with van der Waals surface area (Å²) in [5.41, 5.74) is 5.87. The van der Waals surface area contributed by atoms with E-state index in [2.05, 4.69) is 29.0 Å². The molecule has 2 aliphatic heterocycles. The zero-order chi connectivity index (χ0) is 15.0. The normalized spacial score (nSPS) is 20.9. The summed E-state index contributed by atoms with van der Waals surface area (Å²) in [4.78, 5) is 6.60. The van der Waals surface area contributed by atoms with Crippen molar-refractivity contribution < 1.29 is 4.39 Å².